The van der Waals surface area contributed by atoms with Crippen molar-refractivity contribution in [1.29, 1.82) is 0 Å². The van der Waals surface area contributed by atoms with Crippen LogP contribution in [0.25, 0.3) is 0 Å². The average molecular weight is 326 g/mol. The lowest BCUT2D eigenvalue weighted by Crippen LogP contribution is -2.51. The van der Waals surface area contributed by atoms with E-state index in [-0.39, 0.29) is 5.91 Å². The first kappa shape index (κ1) is 11.9. The Morgan fingerprint density at radius 3 is 3.00 bits per heavy atom. The zero-order valence-corrected chi connectivity index (χ0v) is 12.0. The van der Waals surface area contributed by atoms with Crippen LogP contribution < -0.4 is 0 Å². The minimum atomic E-state index is 0.146. The molecule has 1 aliphatic rings. The molecule has 2 aromatic heterocycles. The van der Waals surface area contributed by atoms with Crippen LogP contribution in [-0.2, 0) is 6.54 Å². The highest BCUT2D eigenvalue weighted by Gasteiger charge is 2.31. The first-order chi connectivity index (χ1) is 8.72. The van der Waals surface area contributed by atoms with Crippen LogP contribution in [0.2, 0.25) is 0 Å². The number of carbonyl (C=O) groups is 1. The Morgan fingerprint density at radius 1 is 1.56 bits per heavy atom. The van der Waals surface area contributed by atoms with Crippen LogP contribution in [0.3, 0.4) is 0 Å². The highest BCUT2D eigenvalue weighted by Crippen LogP contribution is 2.25. The standard InChI is InChI=1S/C12H12BrN3OS/c13-10-3-11(18-7-10)12(17)16-5-9(6-16)4-15-2-1-14-8-15/h1-3,7-9H,4-6H2. The molecule has 1 saturated heterocycles. The van der Waals surface area contributed by atoms with Crippen LogP contribution in [0.1, 0.15) is 9.67 Å². The lowest BCUT2D eigenvalue weighted by Gasteiger charge is -2.39. The van der Waals surface area contributed by atoms with E-state index in [9.17, 15) is 4.79 Å². The smallest absolute Gasteiger partial charge is 0.263 e. The molecule has 0 bridgehead atoms. The van der Waals surface area contributed by atoms with Crippen molar-refractivity contribution in [3.8, 4) is 0 Å². The number of nitrogens with zero attached hydrogens (tertiary/aromatic N) is 3. The van der Waals surface area contributed by atoms with Crippen molar-refractivity contribution >= 4 is 33.2 Å². The van der Waals surface area contributed by atoms with Gasteiger partial charge in [0.15, 0.2) is 0 Å². The molecule has 0 aliphatic carbocycles. The summed E-state index contributed by atoms with van der Waals surface area (Å²) >= 11 is 4.86. The van der Waals surface area contributed by atoms with Crippen LogP contribution in [0.5, 0.6) is 0 Å². The van der Waals surface area contributed by atoms with E-state index in [4.69, 9.17) is 0 Å². The SMILES string of the molecule is O=C(c1cc(Br)cs1)N1CC(Cn2ccnc2)C1. The lowest BCUT2D eigenvalue weighted by atomic mass is 10.00. The summed E-state index contributed by atoms with van der Waals surface area (Å²) < 4.78 is 3.04. The van der Waals surface area contributed by atoms with Gasteiger partial charge < -0.3 is 9.47 Å². The molecule has 3 heterocycles. The third kappa shape index (κ3) is 2.35. The van der Waals surface area contributed by atoms with Crippen molar-refractivity contribution in [2.45, 2.75) is 6.54 Å². The Kier molecular flexibility index (Phi) is 3.22. The molecule has 1 aliphatic heterocycles. The fourth-order valence-electron chi connectivity index (χ4n) is 2.13. The van der Waals surface area contributed by atoms with E-state index in [0.717, 1.165) is 29.0 Å². The second kappa shape index (κ2) is 4.85. The molecular weight excluding hydrogens is 314 g/mol. The normalized spacial score (nSPS) is 15.7. The largest absolute Gasteiger partial charge is 0.337 e. The first-order valence-corrected chi connectivity index (χ1v) is 7.38. The van der Waals surface area contributed by atoms with Crippen molar-refractivity contribution in [1.82, 2.24) is 14.5 Å². The maximum atomic E-state index is 12.1. The maximum Gasteiger partial charge on any atom is 0.263 e. The molecule has 0 spiro atoms. The number of likely N-dealkylation sites (tertiary alicyclic amines) is 1. The molecule has 1 amide bonds. The Balaban J connectivity index is 1.54. The molecule has 94 valence electrons. The summed E-state index contributed by atoms with van der Waals surface area (Å²) in [5, 5.41) is 1.94. The van der Waals surface area contributed by atoms with Crippen molar-refractivity contribution in [3.63, 3.8) is 0 Å². The van der Waals surface area contributed by atoms with Gasteiger partial charge in [0.25, 0.3) is 5.91 Å². The molecule has 1 fully saturated rings. The van der Waals surface area contributed by atoms with Crippen molar-refractivity contribution < 1.29 is 4.79 Å². The van der Waals surface area contributed by atoms with Crippen LogP contribution in [-0.4, -0.2) is 33.4 Å². The topological polar surface area (TPSA) is 38.1 Å². The summed E-state index contributed by atoms with van der Waals surface area (Å²) in [5.41, 5.74) is 0. The number of thiophene rings is 1. The van der Waals surface area contributed by atoms with Crippen LogP contribution >= 0.6 is 27.3 Å². The number of carbonyl (C=O) groups excluding carboxylic acids is 1. The van der Waals surface area contributed by atoms with Gasteiger partial charge in [-0.2, -0.15) is 0 Å². The Bertz CT molecular complexity index is 545. The number of aromatic nitrogens is 2. The Labute approximate surface area is 117 Å². The second-order valence-corrected chi connectivity index (χ2v) is 6.29. The molecule has 0 atom stereocenters. The van der Waals surface area contributed by atoms with Gasteiger partial charge in [-0.1, -0.05) is 0 Å². The van der Waals surface area contributed by atoms with Crippen molar-refractivity contribution in [2.75, 3.05) is 13.1 Å². The lowest BCUT2D eigenvalue weighted by molar-refractivity contribution is 0.0473. The third-order valence-electron chi connectivity index (χ3n) is 3.05. The Morgan fingerprint density at radius 2 is 2.39 bits per heavy atom. The summed E-state index contributed by atoms with van der Waals surface area (Å²) in [7, 11) is 0. The van der Waals surface area contributed by atoms with E-state index in [1.165, 1.54) is 11.3 Å². The van der Waals surface area contributed by atoms with Gasteiger partial charge in [-0.25, -0.2) is 4.98 Å². The van der Waals surface area contributed by atoms with Gasteiger partial charge >= 0.3 is 0 Å². The van der Waals surface area contributed by atoms with E-state index in [2.05, 4.69) is 25.5 Å². The minimum absolute atomic E-state index is 0.146. The molecular formula is C12H12BrN3OS. The minimum Gasteiger partial charge on any atom is -0.337 e. The monoisotopic (exact) mass is 325 g/mol. The predicted octanol–water partition coefficient (Wildman–Crippen LogP) is 2.48. The molecule has 4 nitrogen and oxygen atoms in total. The van der Waals surface area contributed by atoms with Gasteiger partial charge in [-0.3, -0.25) is 4.79 Å². The summed E-state index contributed by atoms with van der Waals surface area (Å²) in [4.78, 5) is 18.8. The maximum absolute atomic E-state index is 12.1. The van der Waals surface area contributed by atoms with E-state index in [0.29, 0.717) is 5.92 Å². The van der Waals surface area contributed by atoms with Crippen LogP contribution in [0, 0.1) is 5.92 Å². The molecule has 0 radical (unpaired) electrons. The van der Waals surface area contributed by atoms with Gasteiger partial charge in [0.1, 0.15) is 0 Å². The molecule has 18 heavy (non-hydrogen) atoms. The molecule has 3 rings (SSSR count). The predicted molar refractivity (Wildman–Crippen MR) is 73.6 cm³/mol. The number of rotatable bonds is 3. The number of imidazole rings is 1. The summed E-state index contributed by atoms with van der Waals surface area (Å²) in [6.07, 6.45) is 5.56. The van der Waals surface area contributed by atoms with Gasteiger partial charge in [-0.05, 0) is 22.0 Å². The summed E-state index contributed by atoms with van der Waals surface area (Å²) in [6, 6.07) is 1.89. The molecule has 0 N–H and O–H groups in total. The zero-order chi connectivity index (χ0) is 12.5. The zero-order valence-electron chi connectivity index (χ0n) is 9.62. The fraction of sp³-hybridized carbons (Fsp3) is 0.333. The summed E-state index contributed by atoms with van der Waals surface area (Å²) in [5.74, 6) is 0.694. The molecule has 0 saturated carbocycles. The van der Waals surface area contributed by atoms with E-state index < -0.39 is 0 Å². The van der Waals surface area contributed by atoms with Gasteiger partial charge in [0, 0.05) is 47.8 Å². The average Bonchev–Trinajstić information content (AvgIpc) is 2.93. The van der Waals surface area contributed by atoms with Crippen LogP contribution in [0.15, 0.2) is 34.6 Å². The fourth-order valence-corrected chi connectivity index (χ4v) is 3.52. The number of halogens is 1. The molecule has 0 aromatic carbocycles. The van der Waals surface area contributed by atoms with Gasteiger partial charge in [0.05, 0.1) is 11.2 Å². The third-order valence-corrected chi connectivity index (χ3v) is 4.73. The quantitative estimate of drug-likeness (QED) is 0.869. The number of amides is 1. The van der Waals surface area contributed by atoms with Gasteiger partial charge in [-0.15, -0.1) is 11.3 Å². The number of hydrogen-bond donors (Lipinski definition) is 0. The summed E-state index contributed by atoms with van der Waals surface area (Å²) in [6.45, 7) is 2.62. The second-order valence-electron chi connectivity index (χ2n) is 4.46. The molecule has 0 unspecified atom stereocenters. The highest BCUT2D eigenvalue weighted by atomic mass is 79.9. The number of hydrogen-bond acceptors (Lipinski definition) is 3. The van der Waals surface area contributed by atoms with E-state index in [1.54, 1.807) is 6.20 Å². The highest BCUT2D eigenvalue weighted by molar-refractivity contribution is 9.10. The van der Waals surface area contributed by atoms with E-state index >= 15 is 0 Å². The van der Waals surface area contributed by atoms with E-state index in [1.807, 2.05) is 28.9 Å². The van der Waals surface area contributed by atoms with Crippen molar-refractivity contribution in [3.05, 3.63) is 39.5 Å². The van der Waals surface area contributed by atoms with Gasteiger partial charge in [0.2, 0.25) is 0 Å². The molecule has 2 aromatic rings. The van der Waals surface area contributed by atoms with Crippen LogP contribution in [0.4, 0.5) is 0 Å². The van der Waals surface area contributed by atoms with Crippen molar-refractivity contribution in [2.24, 2.45) is 5.92 Å². The molecule has 6 heteroatoms. The first-order valence-electron chi connectivity index (χ1n) is 5.71. The Hall–Kier alpha value is -1.14.